The van der Waals surface area contributed by atoms with Gasteiger partial charge in [0.25, 0.3) is 5.91 Å². The summed E-state index contributed by atoms with van der Waals surface area (Å²) < 4.78 is 5.42. The van der Waals surface area contributed by atoms with E-state index in [-0.39, 0.29) is 5.91 Å². The van der Waals surface area contributed by atoms with Crippen LogP contribution in [0.5, 0.6) is 5.75 Å². The standard InChI is InChI=1S/C28H35N3O2/c1-3-30(27(32)26-18-23-8-4-5-10-25(23)29-26)20-21-11-15-31(16-12-21)28(13-14-28)19-22-7-6-9-24(17-22)33-2/h4-10,17-18,21,29H,3,11-16,19-20H2,1-2H3. The summed E-state index contributed by atoms with van der Waals surface area (Å²) in [5, 5.41) is 1.09. The van der Waals surface area contributed by atoms with Gasteiger partial charge in [-0.1, -0.05) is 30.3 Å². The van der Waals surface area contributed by atoms with Crippen molar-refractivity contribution in [2.24, 2.45) is 5.92 Å². The van der Waals surface area contributed by atoms with Crippen LogP contribution >= 0.6 is 0 Å². The van der Waals surface area contributed by atoms with Crippen LogP contribution in [0, 0.1) is 5.92 Å². The monoisotopic (exact) mass is 445 g/mol. The fraction of sp³-hybridized carbons (Fsp3) is 0.464. The Balaban J connectivity index is 1.17. The molecule has 1 aromatic heterocycles. The van der Waals surface area contributed by atoms with E-state index in [1.807, 2.05) is 41.3 Å². The number of carbonyl (C=O) groups excluding carboxylic acids is 1. The smallest absolute Gasteiger partial charge is 0.270 e. The Morgan fingerprint density at radius 2 is 1.91 bits per heavy atom. The van der Waals surface area contributed by atoms with Gasteiger partial charge in [0.15, 0.2) is 0 Å². The molecule has 5 heteroatoms. The number of aromatic amines is 1. The summed E-state index contributed by atoms with van der Waals surface area (Å²) in [5.74, 6) is 1.64. The van der Waals surface area contributed by atoms with Crippen molar-refractivity contribution in [3.8, 4) is 5.75 Å². The molecule has 2 heterocycles. The molecule has 2 aromatic carbocycles. The molecule has 0 radical (unpaired) electrons. The molecule has 3 aromatic rings. The first-order valence-corrected chi connectivity index (χ1v) is 12.4. The van der Waals surface area contributed by atoms with Gasteiger partial charge < -0.3 is 14.6 Å². The van der Waals surface area contributed by atoms with Gasteiger partial charge >= 0.3 is 0 Å². The lowest BCUT2D eigenvalue weighted by atomic mass is 9.92. The number of piperidine rings is 1. The highest BCUT2D eigenvalue weighted by molar-refractivity contribution is 5.98. The Morgan fingerprint density at radius 1 is 1.12 bits per heavy atom. The van der Waals surface area contributed by atoms with E-state index in [1.165, 1.54) is 18.4 Å². The molecule has 0 unspecified atom stereocenters. The number of para-hydroxylation sites is 1. The molecular formula is C28H35N3O2. The van der Waals surface area contributed by atoms with Crippen LogP contribution in [0.2, 0.25) is 0 Å². The quantitative estimate of drug-likeness (QED) is 0.523. The van der Waals surface area contributed by atoms with Crippen molar-refractivity contribution in [3.63, 3.8) is 0 Å². The van der Waals surface area contributed by atoms with Gasteiger partial charge in [-0.15, -0.1) is 0 Å². The number of likely N-dealkylation sites (tertiary alicyclic amines) is 1. The zero-order chi connectivity index (χ0) is 22.8. The molecule has 5 nitrogen and oxygen atoms in total. The fourth-order valence-electron chi connectivity index (χ4n) is 5.53. The van der Waals surface area contributed by atoms with E-state index in [9.17, 15) is 4.79 Å². The average Bonchev–Trinajstić information content (AvgIpc) is 3.50. The summed E-state index contributed by atoms with van der Waals surface area (Å²) in [6, 6.07) is 18.6. The summed E-state index contributed by atoms with van der Waals surface area (Å²) in [7, 11) is 1.74. The number of aromatic nitrogens is 1. The highest BCUT2D eigenvalue weighted by Gasteiger charge is 2.48. The molecular weight excluding hydrogens is 410 g/mol. The van der Waals surface area contributed by atoms with Crippen LogP contribution in [0.1, 0.15) is 48.7 Å². The molecule has 0 bridgehead atoms. The van der Waals surface area contributed by atoms with Crippen LogP contribution in [0.25, 0.3) is 10.9 Å². The van der Waals surface area contributed by atoms with Crippen LogP contribution in [-0.4, -0.2) is 59.5 Å². The van der Waals surface area contributed by atoms with Crippen molar-refractivity contribution in [1.82, 2.24) is 14.8 Å². The lowest BCUT2D eigenvalue weighted by Crippen LogP contribution is -2.46. The van der Waals surface area contributed by atoms with E-state index >= 15 is 0 Å². The van der Waals surface area contributed by atoms with Crippen LogP contribution in [0.4, 0.5) is 0 Å². The van der Waals surface area contributed by atoms with Crippen molar-refractivity contribution in [1.29, 1.82) is 0 Å². The molecule has 1 aliphatic heterocycles. The third kappa shape index (κ3) is 4.65. The number of hydrogen-bond acceptors (Lipinski definition) is 3. The maximum atomic E-state index is 13.2. The van der Waals surface area contributed by atoms with Crippen LogP contribution in [0.3, 0.4) is 0 Å². The number of rotatable bonds is 8. The Morgan fingerprint density at radius 3 is 2.61 bits per heavy atom. The Bertz CT molecular complexity index is 1080. The van der Waals surface area contributed by atoms with Gasteiger partial charge in [0.05, 0.1) is 7.11 Å². The molecule has 1 N–H and O–H groups in total. The summed E-state index contributed by atoms with van der Waals surface area (Å²) in [5.41, 5.74) is 3.43. The minimum absolute atomic E-state index is 0.118. The molecule has 2 aliphatic rings. The van der Waals surface area contributed by atoms with E-state index < -0.39 is 0 Å². The molecule has 1 saturated carbocycles. The first-order valence-electron chi connectivity index (χ1n) is 12.4. The zero-order valence-electron chi connectivity index (χ0n) is 19.8. The number of fused-ring (bicyclic) bond motifs is 1. The predicted octanol–water partition coefficient (Wildman–Crippen LogP) is 5.13. The largest absolute Gasteiger partial charge is 0.497 e. The lowest BCUT2D eigenvalue weighted by molar-refractivity contribution is 0.0654. The molecule has 2 fully saturated rings. The van der Waals surface area contributed by atoms with Crippen molar-refractivity contribution < 1.29 is 9.53 Å². The number of carbonyl (C=O) groups is 1. The average molecular weight is 446 g/mol. The minimum Gasteiger partial charge on any atom is -0.497 e. The second-order valence-electron chi connectivity index (χ2n) is 9.80. The van der Waals surface area contributed by atoms with Crippen molar-refractivity contribution >= 4 is 16.8 Å². The van der Waals surface area contributed by atoms with Crippen molar-refractivity contribution in [2.75, 3.05) is 33.3 Å². The summed E-state index contributed by atoms with van der Waals surface area (Å²) >= 11 is 0. The molecule has 174 valence electrons. The number of nitrogens with zero attached hydrogens (tertiary/aromatic N) is 2. The number of benzene rings is 2. The van der Waals surface area contributed by atoms with Crippen LogP contribution < -0.4 is 4.74 Å². The molecule has 5 rings (SSSR count). The van der Waals surface area contributed by atoms with Gasteiger partial charge in [-0.2, -0.15) is 0 Å². The Kier molecular flexibility index (Phi) is 6.15. The second-order valence-corrected chi connectivity index (χ2v) is 9.80. The van der Waals surface area contributed by atoms with Gasteiger partial charge in [0.1, 0.15) is 11.4 Å². The number of nitrogens with one attached hydrogen (secondary N) is 1. The Hall–Kier alpha value is -2.79. The second kappa shape index (κ2) is 9.22. The molecule has 33 heavy (non-hydrogen) atoms. The molecule has 1 amide bonds. The summed E-state index contributed by atoms with van der Waals surface area (Å²) in [6.07, 6.45) is 6.01. The number of ether oxygens (including phenoxy) is 1. The number of amides is 1. The van der Waals surface area contributed by atoms with Crippen LogP contribution in [0.15, 0.2) is 54.6 Å². The first kappa shape index (κ1) is 22.0. The minimum atomic E-state index is 0.118. The van der Waals surface area contributed by atoms with E-state index in [1.54, 1.807) is 7.11 Å². The number of hydrogen-bond donors (Lipinski definition) is 1. The summed E-state index contributed by atoms with van der Waals surface area (Å²) in [6.45, 7) is 5.94. The van der Waals surface area contributed by atoms with E-state index in [4.69, 9.17) is 4.74 Å². The molecule has 0 spiro atoms. The highest BCUT2D eigenvalue weighted by atomic mass is 16.5. The van der Waals surface area contributed by atoms with Gasteiger partial charge in [-0.3, -0.25) is 9.69 Å². The third-order valence-electron chi connectivity index (χ3n) is 7.69. The zero-order valence-corrected chi connectivity index (χ0v) is 19.8. The molecule has 1 aliphatic carbocycles. The fourth-order valence-corrected chi connectivity index (χ4v) is 5.53. The van der Waals surface area contributed by atoms with Gasteiger partial charge in [0, 0.05) is 29.5 Å². The SMILES string of the molecule is CCN(CC1CCN(C2(Cc3cccc(OC)c3)CC2)CC1)C(=O)c1cc2ccccc2[nH]1. The third-order valence-corrected chi connectivity index (χ3v) is 7.69. The van der Waals surface area contributed by atoms with E-state index in [0.717, 1.165) is 62.1 Å². The van der Waals surface area contributed by atoms with E-state index in [2.05, 4.69) is 35.0 Å². The topological polar surface area (TPSA) is 48.6 Å². The first-order chi connectivity index (χ1) is 16.1. The maximum absolute atomic E-state index is 13.2. The van der Waals surface area contributed by atoms with Gasteiger partial charge in [-0.05, 0) is 87.9 Å². The maximum Gasteiger partial charge on any atom is 0.270 e. The number of methoxy groups -OCH3 is 1. The number of H-pyrrole nitrogens is 1. The normalized spacial score (nSPS) is 18.4. The van der Waals surface area contributed by atoms with Crippen LogP contribution in [-0.2, 0) is 6.42 Å². The van der Waals surface area contributed by atoms with E-state index in [0.29, 0.717) is 17.2 Å². The highest BCUT2D eigenvalue weighted by Crippen LogP contribution is 2.46. The van der Waals surface area contributed by atoms with Gasteiger partial charge in [-0.25, -0.2) is 0 Å². The Labute approximate surface area is 196 Å². The van der Waals surface area contributed by atoms with Crippen molar-refractivity contribution in [3.05, 3.63) is 65.9 Å². The molecule has 0 atom stereocenters. The summed E-state index contributed by atoms with van der Waals surface area (Å²) in [4.78, 5) is 21.2. The molecule has 1 saturated heterocycles. The predicted molar refractivity (Wildman–Crippen MR) is 133 cm³/mol. The lowest BCUT2D eigenvalue weighted by Gasteiger charge is -2.39. The van der Waals surface area contributed by atoms with Crippen molar-refractivity contribution in [2.45, 2.75) is 44.6 Å². The van der Waals surface area contributed by atoms with Gasteiger partial charge in [0.2, 0.25) is 0 Å².